The number of nitro benzene ring substituents is 1. The zero-order chi connectivity index (χ0) is 19.4. The normalized spacial score (nSPS) is 14.8. The van der Waals surface area contributed by atoms with Crippen LogP contribution in [0.2, 0.25) is 0 Å². The number of anilines is 1. The maximum absolute atomic E-state index is 12.5. The molecule has 0 unspecified atom stereocenters. The van der Waals surface area contributed by atoms with Gasteiger partial charge in [-0.05, 0) is 43.2 Å². The molecule has 27 heavy (non-hydrogen) atoms. The number of benzene rings is 2. The smallest absolute Gasteiger partial charge is 0.292 e. The number of hydrogen-bond donors (Lipinski definition) is 1. The third kappa shape index (κ3) is 4.15. The Morgan fingerprint density at radius 2 is 1.70 bits per heavy atom. The van der Waals surface area contributed by atoms with Gasteiger partial charge in [0.2, 0.25) is 10.0 Å². The van der Waals surface area contributed by atoms with Crippen molar-refractivity contribution in [3.05, 3.63) is 64.2 Å². The predicted octanol–water partition coefficient (Wildman–Crippen LogP) is 2.67. The monoisotopic (exact) mass is 389 g/mol. The van der Waals surface area contributed by atoms with E-state index in [2.05, 4.69) is 5.32 Å². The van der Waals surface area contributed by atoms with Crippen LogP contribution in [0.3, 0.4) is 0 Å². The second-order valence-corrected chi connectivity index (χ2v) is 8.12. The molecule has 142 valence electrons. The summed E-state index contributed by atoms with van der Waals surface area (Å²) < 4.78 is 26.4. The first kappa shape index (κ1) is 19.0. The summed E-state index contributed by atoms with van der Waals surface area (Å²) in [4.78, 5) is 23.0. The first-order chi connectivity index (χ1) is 12.9. The van der Waals surface area contributed by atoms with Gasteiger partial charge in [0.1, 0.15) is 5.69 Å². The van der Waals surface area contributed by atoms with Crippen molar-refractivity contribution in [3.8, 4) is 0 Å². The molecule has 2 aromatic carbocycles. The van der Waals surface area contributed by atoms with Gasteiger partial charge >= 0.3 is 0 Å². The highest BCUT2D eigenvalue weighted by Gasteiger charge is 2.27. The number of nitro groups is 1. The number of carbonyl (C=O) groups is 1. The molecule has 1 aliphatic rings. The Morgan fingerprint density at radius 3 is 2.33 bits per heavy atom. The van der Waals surface area contributed by atoms with Crippen LogP contribution in [-0.2, 0) is 10.0 Å². The van der Waals surface area contributed by atoms with Crippen molar-refractivity contribution in [3.63, 3.8) is 0 Å². The van der Waals surface area contributed by atoms with Gasteiger partial charge in [-0.2, -0.15) is 4.31 Å². The molecule has 3 rings (SSSR count). The van der Waals surface area contributed by atoms with E-state index in [9.17, 15) is 23.3 Å². The topological polar surface area (TPSA) is 110 Å². The van der Waals surface area contributed by atoms with Crippen molar-refractivity contribution in [1.29, 1.82) is 0 Å². The quantitative estimate of drug-likeness (QED) is 0.443. The van der Waals surface area contributed by atoms with E-state index in [0.29, 0.717) is 18.7 Å². The Hall–Kier alpha value is -2.78. The Morgan fingerprint density at radius 1 is 1.07 bits per heavy atom. The molecule has 9 heteroatoms. The minimum atomic E-state index is -3.52. The molecular formula is C18H19N3O5S. The van der Waals surface area contributed by atoms with Crippen LogP contribution in [0.15, 0.2) is 53.4 Å². The molecular weight excluding hydrogens is 370 g/mol. The lowest BCUT2D eigenvalue weighted by molar-refractivity contribution is -0.383. The molecule has 8 nitrogen and oxygen atoms in total. The minimum absolute atomic E-state index is 0.114. The Balaban J connectivity index is 1.69. The molecule has 1 aliphatic heterocycles. The maximum atomic E-state index is 12.5. The van der Waals surface area contributed by atoms with E-state index in [1.54, 1.807) is 12.1 Å². The molecule has 0 atom stereocenters. The molecule has 0 aliphatic carbocycles. The maximum Gasteiger partial charge on any atom is 0.292 e. The van der Waals surface area contributed by atoms with Crippen LogP contribution in [0, 0.1) is 10.1 Å². The number of carbonyl (C=O) groups excluding carboxylic acids is 1. The summed E-state index contributed by atoms with van der Waals surface area (Å²) in [7, 11) is -3.52. The molecule has 0 bridgehead atoms. The van der Waals surface area contributed by atoms with Crippen molar-refractivity contribution in [1.82, 2.24) is 4.31 Å². The SMILES string of the molecule is O=C(CNc1ccccc1[N+](=O)[O-])c1ccc(S(=O)(=O)N2CCCC2)cc1. The molecule has 0 aromatic heterocycles. The molecule has 2 aromatic rings. The molecule has 1 saturated heterocycles. The second kappa shape index (κ2) is 7.85. The summed E-state index contributed by atoms with van der Waals surface area (Å²) in [5.74, 6) is -0.293. The van der Waals surface area contributed by atoms with Gasteiger partial charge < -0.3 is 5.32 Å². The third-order valence-corrected chi connectivity index (χ3v) is 6.33. The van der Waals surface area contributed by atoms with E-state index in [0.717, 1.165) is 12.8 Å². The molecule has 0 radical (unpaired) electrons. The Kier molecular flexibility index (Phi) is 5.52. The number of rotatable bonds is 7. The molecule has 1 fully saturated rings. The number of hydrogen-bond acceptors (Lipinski definition) is 6. The Bertz CT molecular complexity index is 951. The fourth-order valence-electron chi connectivity index (χ4n) is 2.95. The van der Waals surface area contributed by atoms with Crippen LogP contribution in [0.5, 0.6) is 0 Å². The van der Waals surface area contributed by atoms with Gasteiger partial charge in [0.25, 0.3) is 5.69 Å². The highest BCUT2D eigenvalue weighted by atomic mass is 32.2. The summed E-state index contributed by atoms with van der Waals surface area (Å²) in [5, 5.41) is 13.8. The van der Waals surface area contributed by atoms with Gasteiger partial charge in [-0.1, -0.05) is 12.1 Å². The summed E-state index contributed by atoms with van der Waals surface area (Å²) in [6.45, 7) is 0.897. The van der Waals surface area contributed by atoms with E-state index >= 15 is 0 Å². The van der Waals surface area contributed by atoms with E-state index in [1.165, 1.54) is 40.7 Å². The molecule has 0 spiro atoms. The summed E-state index contributed by atoms with van der Waals surface area (Å²) >= 11 is 0. The lowest BCUT2D eigenvalue weighted by Gasteiger charge is -2.15. The van der Waals surface area contributed by atoms with Crippen LogP contribution < -0.4 is 5.32 Å². The molecule has 0 amide bonds. The van der Waals surface area contributed by atoms with Crippen molar-refractivity contribution in [2.45, 2.75) is 17.7 Å². The number of ketones is 1. The van der Waals surface area contributed by atoms with Crippen LogP contribution in [0.1, 0.15) is 23.2 Å². The number of nitrogens with zero attached hydrogens (tertiary/aromatic N) is 2. The zero-order valence-electron chi connectivity index (χ0n) is 14.5. The summed E-state index contributed by atoms with van der Waals surface area (Å²) in [5.41, 5.74) is 0.475. The molecule has 1 heterocycles. The van der Waals surface area contributed by atoms with Crippen molar-refractivity contribution in [2.75, 3.05) is 25.0 Å². The van der Waals surface area contributed by atoms with Crippen molar-refractivity contribution >= 4 is 27.2 Å². The van der Waals surface area contributed by atoms with Gasteiger partial charge in [-0.15, -0.1) is 0 Å². The van der Waals surface area contributed by atoms with Gasteiger partial charge in [-0.25, -0.2) is 8.42 Å². The van der Waals surface area contributed by atoms with Crippen LogP contribution in [0.25, 0.3) is 0 Å². The van der Waals surface area contributed by atoms with E-state index in [1.807, 2.05) is 0 Å². The number of sulfonamides is 1. The molecule has 0 saturated carbocycles. The number of Topliss-reactive ketones (excluding diaryl/α,β-unsaturated/α-hetero) is 1. The third-order valence-electron chi connectivity index (χ3n) is 4.42. The second-order valence-electron chi connectivity index (χ2n) is 6.19. The lowest BCUT2D eigenvalue weighted by Crippen LogP contribution is -2.27. The van der Waals surface area contributed by atoms with Crippen molar-refractivity contribution in [2.24, 2.45) is 0 Å². The Labute approximate surface area is 157 Å². The average Bonchev–Trinajstić information content (AvgIpc) is 3.22. The van der Waals surface area contributed by atoms with Crippen LogP contribution in [-0.4, -0.2) is 43.1 Å². The molecule has 1 N–H and O–H groups in total. The number of nitrogens with one attached hydrogen (secondary N) is 1. The van der Waals surface area contributed by atoms with Gasteiger partial charge in [-0.3, -0.25) is 14.9 Å². The average molecular weight is 389 g/mol. The first-order valence-corrected chi connectivity index (χ1v) is 9.94. The zero-order valence-corrected chi connectivity index (χ0v) is 15.3. The van der Waals surface area contributed by atoms with Gasteiger partial charge in [0, 0.05) is 24.7 Å². The predicted molar refractivity (Wildman–Crippen MR) is 100 cm³/mol. The fraction of sp³-hybridized carbons (Fsp3) is 0.278. The van der Waals surface area contributed by atoms with E-state index in [-0.39, 0.29) is 28.6 Å². The first-order valence-electron chi connectivity index (χ1n) is 8.50. The minimum Gasteiger partial charge on any atom is -0.372 e. The number of para-hydroxylation sites is 2. The van der Waals surface area contributed by atoms with E-state index < -0.39 is 14.9 Å². The largest absolute Gasteiger partial charge is 0.372 e. The standard InChI is InChI=1S/C18H19N3O5S/c22-18(13-19-16-5-1-2-6-17(16)21(23)24)14-7-9-15(10-8-14)27(25,26)20-11-3-4-12-20/h1-2,5-10,19H,3-4,11-13H2. The summed E-state index contributed by atoms with van der Waals surface area (Å²) in [6, 6.07) is 11.8. The van der Waals surface area contributed by atoms with Crippen LogP contribution >= 0.6 is 0 Å². The van der Waals surface area contributed by atoms with Crippen molar-refractivity contribution < 1.29 is 18.1 Å². The summed E-state index contributed by atoms with van der Waals surface area (Å²) in [6.07, 6.45) is 1.71. The lowest BCUT2D eigenvalue weighted by atomic mass is 10.1. The van der Waals surface area contributed by atoms with Gasteiger partial charge in [0.05, 0.1) is 16.4 Å². The fourth-order valence-corrected chi connectivity index (χ4v) is 4.47. The van der Waals surface area contributed by atoms with E-state index in [4.69, 9.17) is 0 Å². The van der Waals surface area contributed by atoms with Gasteiger partial charge in [0.15, 0.2) is 5.78 Å². The highest BCUT2D eigenvalue weighted by Crippen LogP contribution is 2.24. The van der Waals surface area contributed by atoms with Crippen LogP contribution in [0.4, 0.5) is 11.4 Å². The highest BCUT2D eigenvalue weighted by molar-refractivity contribution is 7.89.